The summed E-state index contributed by atoms with van der Waals surface area (Å²) in [5.74, 6) is -0.904. The van der Waals surface area contributed by atoms with Crippen molar-refractivity contribution in [3.8, 4) is 5.75 Å². The third kappa shape index (κ3) is 4.07. The zero-order valence-corrected chi connectivity index (χ0v) is 15.9. The van der Waals surface area contributed by atoms with Crippen LogP contribution in [-0.2, 0) is 30.1 Å². The Labute approximate surface area is 153 Å². The minimum absolute atomic E-state index is 0.132. The molecule has 0 radical (unpaired) electrons. The molecule has 1 aromatic rings. The average Bonchev–Trinajstić information content (AvgIpc) is 2.54. The molecule has 0 bridgehead atoms. The van der Waals surface area contributed by atoms with Crippen molar-refractivity contribution >= 4 is 11.9 Å². The number of rotatable bonds is 4. The maximum Gasteiger partial charge on any atom is 0.343 e. The summed E-state index contributed by atoms with van der Waals surface area (Å²) in [5, 5.41) is 11.2. The summed E-state index contributed by atoms with van der Waals surface area (Å²) in [6, 6.07) is 5.32. The van der Waals surface area contributed by atoms with Gasteiger partial charge in [0.2, 0.25) is 0 Å². The number of esters is 2. The lowest BCUT2D eigenvalue weighted by Gasteiger charge is -2.34. The van der Waals surface area contributed by atoms with E-state index in [9.17, 15) is 14.7 Å². The second kappa shape index (κ2) is 7.50. The molecular formula is C20H26O6. The van der Waals surface area contributed by atoms with Crippen LogP contribution in [0, 0.1) is 0 Å². The Morgan fingerprint density at radius 1 is 1.23 bits per heavy atom. The minimum Gasteiger partial charge on any atom is -0.464 e. The van der Waals surface area contributed by atoms with Crippen LogP contribution in [0.1, 0.15) is 52.2 Å². The van der Waals surface area contributed by atoms with Gasteiger partial charge in [-0.25, -0.2) is 9.59 Å². The zero-order valence-electron chi connectivity index (χ0n) is 15.9. The first-order valence-electron chi connectivity index (χ1n) is 8.71. The van der Waals surface area contributed by atoms with Gasteiger partial charge in [-0.3, -0.25) is 0 Å². The third-order valence-electron chi connectivity index (χ3n) is 4.14. The summed E-state index contributed by atoms with van der Waals surface area (Å²) in [6.07, 6.45) is 0.944. The van der Waals surface area contributed by atoms with E-state index < -0.39 is 17.5 Å². The van der Waals surface area contributed by atoms with E-state index in [0.29, 0.717) is 11.3 Å². The number of aliphatic hydroxyl groups is 1. The van der Waals surface area contributed by atoms with Crippen molar-refractivity contribution in [2.24, 2.45) is 0 Å². The maximum absolute atomic E-state index is 12.5. The standard InChI is InChI=1S/C20H26O6/c1-6-24-17(21)11-14-12-20(23,18(22)25-7-2)15-10-13(19(3,4)5)8-9-16(15)26-14/h8-11,23H,6-7,12H2,1-5H3/b14-11+. The van der Waals surface area contributed by atoms with Crippen molar-refractivity contribution in [1.82, 2.24) is 0 Å². The van der Waals surface area contributed by atoms with Gasteiger partial charge >= 0.3 is 11.9 Å². The van der Waals surface area contributed by atoms with E-state index in [0.717, 1.165) is 11.6 Å². The first kappa shape index (κ1) is 20.0. The number of ether oxygens (including phenoxy) is 3. The van der Waals surface area contributed by atoms with E-state index in [1.807, 2.05) is 26.8 Å². The highest BCUT2D eigenvalue weighted by Crippen LogP contribution is 2.43. The lowest BCUT2D eigenvalue weighted by Crippen LogP contribution is -2.41. The van der Waals surface area contributed by atoms with Crippen LogP contribution in [0.5, 0.6) is 5.75 Å². The minimum atomic E-state index is -1.93. The number of fused-ring (bicyclic) bond motifs is 1. The molecule has 0 spiro atoms. The van der Waals surface area contributed by atoms with Gasteiger partial charge in [-0.05, 0) is 37.0 Å². The molecule has 0 saturated heterocycles. The summed E-state index contributed by atoms with van der Waals surface area (Å²) < 4.78 is 15.7. The molecule has 6 nitrogen and oxygen atoms in total. The van der Waals surface area contributed by atoms with Crippen molar-refractivity contribution in [3.05, 3.63) is 41.2 Å². The number of carbonyl (C=O) groups excluding carboxylic acids is 2. The fraction of sp³-hybridized carbons (Fsp3) is 0.500. The van der Waals surface area contributed by atoms with Crippen LogP contribution >= 0.6 is 0 Å². The summed E-state index contributed by atoms with van der Waals surface area (Å²) in [6.45, 7) is 9.82. The Bertz CT molecular complexity index is 728. The van der Waals surface area contributed by atoms with Crippen molar-refractivity contribution in [1.29, 1.82) is 0 Å². The Morgan fingerprint density at radius 3 is 2.46 bits per heavy atom. The molecule has 1 aliphatic rings. The van der Waals surface area contributed by atoms with Crippen LogP contribution in [0.15, 0.2) is 30.0 Å². The smallest absolute Gasteiger partial charge is 0.343 e. The molecule has 1 N–H and O–H groups in total. The first-order chi connectivity index (χ1) is 12.1. The Morgan fingerprint density at radius 2 is 1.88 bits per heavy atom. The molecule has 0 aromatic heterocycles. The molecule has 1 heterocycles. The largest absolute Gasteiger partial charge is 0.464 e. The molecule has 1 atom stereocenters. The van der Waals surface area contributed by atoms with Gasteiger partial charge in [0, 0.05) is 5.56 Å². The number of carbonyl (C=O) groups is 2. The second-order valence-corrected chi connectivity index (χ2v) is 7.18. The van der Waals surface area contributed by atoms with E-state index >= 15 is 0 Å². The number of benzene rings is 1. The average molecular weight is 362 g/mol. The van der Waals surface area contributed by atoms with Gasteiger partial charge in [-0.1, -0.05) is 26.8 Å². The van der Waals surface area contributed by atoms with Gasteiger partial charge in [-0.15, -0.1) is 0 Å². The zero-order chi connectivity index (χ0) is 19.5. The van der Waals surface area contributed by atoms with E-state index in [2.05, 4.69) is 0 Å². The molecule has 0 saturated carbocycles. The Balaban J connectivity index is 2.54. The first-order valence-corrected chi connectivity index (χ1v) is 8.71. The summed E-state index contributed by atoms with van der Waals surface area (Å²) in [7, 11) is 0. The predicted octanol–water partition coefficient (Wildman–Crippen LogP) is 2.96. The van der Waals surface area contributed by atoms with E-state index in [1.54, 1.807) is 26.0 Å². The molecule has 1 aromatic carbocycles. The molecule has 2 rings (SSSR count). The van der Waals surface area contributed by atoms with E-state index in [4.69, 9.17) is 14.2 Å². The molecule has 142 valence electrons. The van der Waals surface area contributed by atoms with Crippen LogP contribution in [0.3, 0.4) is 0 Å². The van der Waals surface area contributed by atoms with Crippen LogP contribution in [0.25, 0.3) is 0 Å². The van der Waals surface area contributed by atoms with Gasteiger partial charge in [0.05, 0.1) is 25.7 Å². The van der Waals surface area contributed by atoms with Crippen LogP contribution in [0.4, 0.5) is 0 Å². The maximum atomic E-state index is 12.5. The Hall–Kier alpha value is -2.34. The topological polar surface area (TPSA) is 82.1 Å². The number of hydrogen-bond acceptors (Lipinski definition) is 6. The highest BCUT2D eigenvalue weighted by molar-refractivity contribution is 5.85. The molecule has 0 aliphatic carbocycles. The highest BCUT2D eigenvalue weighted by atomic mass is 16.6. The van der Waals surface area contributed by atoms with Gasteiger partial charge < -0.3 is 19.3 Å². The van der Waals surface area contributed by atoms with Gasteiger partial charge in [0.25, 0.3) is 0 Å². The molecule has 1 unspecified atom stereocenters. The highest BCUT2D eigenvalue weighted by Gasteiger charge is 2.46. The van der Waals surface area contributed by atoms with Crippen molar-refractivity contribution in [2.75, 3.05) is 13.2 Å². The molecule has 1 aliphatic heterocycles. The third-order valence-corrected chi connectivity index (χ3v) is 4.14. The van der Waals surface area contributed by atoms with Gasteiger partial charge in [0.1, 0.15) is 11.5 Å². The van der Waals surface area contributed by atoms with Gasteiger partial charge in [0.15, 0.2) is 5.60 Å². The quantitative estimate of drug-likeness (QED) is 0.655. The Kier molecular flexibility index (Phi) is 5.76. The fourth-order valence-corrected chi connectivity index (χ4v) is 2.76. The lowest BCUT2D eigenvalue weighted by atomic mass is 9.80. The molecular weight excluding hydrogens is 336 g/mol. The molecule has 0 fully saturated rings. The van der Waals surface area contributed by atoms with E-state index in [1.165, 1.54) is 0 Å². The monoisotopic (exact) mass is 362 g/mol. The molecule has 26 heavy (non-hydrogen) atoms. The van der Waals surface area contributed by atoms with Crippen molar-refractivity contribution < 1.29 is 28.9 Å². The summed E-state index contributed by atoms with van der Waals surface area (Å²) >= 11 is 0. The van der Waals surface area contributed by atoms with Crippen molar-refractivity contribution in [2.45, 2.75) is 52.1 Å². The summed E-state index contributed by atoms with van der Waals surface area (Å²) in [4.78, 5) is 24.3. The van der Waals surface area contributed by atoms with Crippen LogP contribution < -0.4 is 4.74 Å². The predicted molar refractivity (Wildman–Crippen MR) is 95.6 cm³/mol. The molecule has 0 amide bonds. The van der Waals surface area contributed by atoms with Crippen molar-refractivity contribution in [3.63, 3.8) is 0 Å². The lowest BCUT2D eigenvalue weighted by molar-refractivity contribution is -0.168. The van der Waals surface area contributed by atoms with Crippen LogP contribution in [0.2, 0.25) is 0 Å². The normalized spacial score (nSPS) is 20.9. The van der Waals surface area contributed by atoms with Crippen LogP contribution in [-0.4, -0.2) is 30.3 Å². The molecule has 6 heteroatoms. The van der Waals surface area contributed by atoms with Gasteiger partial charge in [-0.2, -0.15) is 0 Å². The fourth-order valence-electron chi connectivity index (χ4n) is 2.76. The van der Waals surface area contributed by atoms with E-state index in [-0.39, 0.29) is 30.8 Å². The second-order valence-electron chi connectivity index (χ2n) is 7.18. The SMILES string of the molecule is CCOC(=O)/C=C1\CC(O)(C(=O)OCC)c2cc(C(C)(C)C)ccc2O1. The summed E-state index contributed by atoms with van der Waals surface area (Å²) in [5.41, 5.74) is -0.820. The number of hydrogen-bond donors (Lipinski definition) is 1.